The van der Waals surface area contributed by atoms with E-state index in [4.69, 9.17) is 11.6 Å². The van der Waals surface area contributed by atoms with Crippen LogP contribution in [0, 0.1) is 24.4 Å². The van der Waals surface area contributed by atoms with Crippen molar-refractivity contribution >= 4 is 11.6 Å². The topological polar surface area (TPSA) is 0 Å². The Bertz CT molecular complexity index is 561. The molecule has 0 aliphatic carbocycles. The molecule has 1 unspecified atom stereocenters. The predicted molar refractivity (Wildman–Crippen MR) is 65.2 cm³/mol. The SMILES string of the molecule is Cc1cc(C(Cl)c2cc(F)cc(F)c2)ccc1F. The average molecular weight is 271 g/mol. The van der Waals surface area contributed by atoms with Gasteiger partial charge in [-0.05, 0) is 41.8 Å². The van der Waals surface area contributed by atoms with Gasteiger partial charge in [-0.3, -0.25) is 0 Å². The van der Waals surface area contributed by atoms with Crippen LogP contribution in [0.2, 0.25) is 0 Å². The fourth-order valence-corrected chi connectivity index (χ4v) is 2.00. The lowest BCUT2D eigenvalue weighted by atomic mass is 10.0. The molecule has 0 amide bonds. The molecule has 0 aromatic heterocycles. The number of rotatable bonds is 2. The van der Waals surface area contributed by atoms with Crippen LogP contribution in [0.5, 0.6) is 0 Å². The zero-order valence-corrected chi connectivity index (χ0v) is 10.3. The summed E-state index contributed by atoms with van der Waals surface area (Å²) in [5.41, 5.74) is 1.34. The van der Waals surface area contributed by atoms with E-state index in [9.17, 15) is 13.2 Å². The van der Waals surface area contributed by atoms with Crippen LogP contribution < -0.4 is 0 Å². The van der Waals surface area contributed by atoms with Gasteiger partial charge in [0.2, 0.25) is 0 Å². The molecule has 4 heteroatoms. The summed E-state index contributed by atoms with van der Waals surface area (Å²) in [6.07, 6.45) is 0. The normalized spacial score (nSPS) is 12.5. The highest BCUT2D eigenvalue weighted by atomic mass is 35.5. The van der Waals surface area contributed by atoms with Gasteiger partial charge in [0, 0.05) is 6.07 Å². The molecule has 18 heavy (non-hydrogen) atoms. The van der Waals surface area contributed by atoms with E-state index in [1.165, 1.54) is 24.3 Å². The first-order valence-corrected chi connectivity index (χ1v) is 5.77. The maximum Gasteiger partial charge on any atom is 0.126 e. The lowest BCUT2D eigenvalue weighted by molar-refractivity contribution is 0.580. The second kappa shape index (κ2) is 5.02. The molecule has 0 aliphatic rings. The summed E-state index contributed by atoms with van der Waals surface area (Å²) in [5, 5.41) is -0.713. The van der Waals surface area contributed by atoms with Crippen LogP contribution in [0.3, 0.4) is 0 Å². The highest BCUT2D eigenvalue weighted by molar-refractivity contribution is 6.22. The van der Waals surface area contributed by atoms with Crippen molar-refractivity contribution in [2.75, 3.05) is 0 Å². The number of hydrogen-bond donors (Lipinski definition) is 0. The van der Waals surface area contributed by atoms with E-state index in [-0.39, 0.29) is 5.82 Å². The van der Waals surface area contributed by atoms with Crippen LogP contribution in [0.4, 0.5) is 13.2 Å². The molecule has 2 aromatic rings. The molecule has 0 aliphatic heterocycles. The molecule has 94 valence electrons. The Labute approximate surface area is 108 Å². The molecule has 0 radical (unpaired) electrons. The smallest absolute Gasteiger partial charge is 0.126 e. The number of aryl methyl sites for hydroxylation is 1. The molecule has 0 spiro atoms. The Morgan fingerprint density at radius 1 is 0.889 bits per heavy atom. The molecule has 0 fully saturated rings. The molecule has 0 bridgehead atoms. The molecule has 1 atom stereocenters. The van der Waals surface area contributed by atoms with Crippen molar-refractivity contribution in [3.05, 3.63) is 70.5 Å². The molecule has 2 aromatic carbocycles. The third-order valence-electron chi connectivity index (χ3n) is 2.65. The van der Waals surface area contributed by atoms with Crippen molar-refractivity contribution < 1.29 is 13.2 Å². The molecule has 0 N–H and O–H groups in total. The van der Waals surface area contributed by atoms with Gasteiger partial charge < -0.3 is 0 Å². The zero-order chi connectivity index (χ0) is 13.3. The van der Waals surface area contributed by atoms with Crippen LogP contribution in [0.25, 0.3) is 0 Å². The number of hydrogen-bond acceptors (Lipinski definition) is 0. The summed E-state index contributed by atoms with van der Waals surface area (Å²) in [5.74, 6) is -1.71. The standard InChI is InChI=1S/C14H10ClF3/c1-8-4-9(2-3-13(8)18)14(15)10-5-11(16)7-12(17)6-10/h2-7,14H,1H3. The fraction of sp³-hybridized carbons (Fsp3) is 0.143. The van der Waals surface area contributed by atoms with Crippen LogP contribution >= 0.6 is 11.6 Å². The highest BCUT2D eigenvalue weighted by Crippen LogP contribution is 2.30. The van der Waals surface area contributed by atoms with Gasteiger partial charge >= 0.3 is 0 Å². The number of alkyl halides is 1. The van der Waals surface area contributed by atoms with E-state index < -0.39 is 17.0 Å². The summed E-state index contributed by atoms with van der Waals surface area (Å²) in [7, 11) is 0. The third-order valence-corrected chi connectivity index (χ3v) is 3.16. The first-order chi connectivity index (χ1) is 8.47. The Kier molecular flexibility index (Phi) is 3.62. The summed E-state index contributed by atoms with van der Waals surface area (Å²) >= 11 is 6.14. The van der Waals surface area contributed by atoms with E-state index in [1.54, 1.807) is 13.0 Å². The van der Waals surface area contributed by atoms with E-state index >= 15 is 0 Å². The van der Waals surface area contributed by atoms with Gasteiger partial charge in [-0.2, -0.15) is 0 Å². The average Bonchev–Trinajstić information content (AvgIpc) is 2.30. The second-order valence-corrected chi connectivity index (χ2v) is 4.51. The van der Waals surface area contributed by atoms with Gasteiger partial charge in [-0.15, -0.1) is 11.6 Å². The van der Waals surface area contributed by atoms with E-state index in [0.717, 1.165) is 6.07 Å². The van der Waals surface area contributed by atoms with Crippen molar-refractivity contribution in [2.24, 2.45) is 0 Å². The summed E-state index contributed by atoms with van der Waals surface area (Å²) in [6.45, 7) is 1.61. The Morgan fingerprint density at radius 2 is 1.50 bits per heavy atom. The van der Waals surface area contributed by atoms with Crippen LogP contribution in [-0.4, -0.2) is 0 Å². The van der Waals surface area contributed by atoms with Gasteiger partial charge in [0.05, 0.1) is 5.38 Å². The van der Waals surface area contributed by atoms with Crippen LogP contribution in [0.15, 0.2) is 36.4 Å². The highest BCUT2D eigenvalue weighted by Gasteiger charge is 2.14. The van der Waals surface area contributed by atoms with Gasteiger partial charge in [-0.1, -0.05) is 12.1 Å². The van der Waals surface area contributed by atoms with Crippen molar-refractivity contribution in [1.29, 1.82) is 0 Å². The third kappa shape index (κ3) is 2.67. The van der Waals surface area contributed by atoms with Gasteiger partial charge in [0.25, 0.3) is 0 Å². The molecule has 0 nitrogen and oxygen atoms in total. The minimum Gasteiger partial charge on any atom is -0.207 e. The zero-order valence-electron chi connectivity index (χ0n) is 9.55. The molecule has 0 saturated heterocycles. The Hall–Kier alpha value is -1.48. The lowest BCUT2D eigenvalue weighted by Gasteiger charge is -2.11. The quantitative estimate of drug-likeness (QED) is 0.692. The van der Waals surface area contributed by atoms with Crippen LogP contribution in [0.1, 0.15) is 22.1 Å². The van der Waals surface area contributed by atoms with Gasteiger partial charge in [0.1, 0.15) is 17.5 Å². The monoisotopic (exact) mass is 270 g/mol. The minimum absolute atomic E-state index is 0.306. The van der Waals surface area contributed by atoms with Crippen molar-refractivity contribution in [2.45, 2.75) is 12.3 Å². The van der Waals surface area contributed by atoms with E-state index in [0.29, 0.717) is 16.7 Å². The fourth-order valence-electron chi connectivity index (χ4n) is 1.74. The second-order valence-electron chi connectivity index (χ2n) is 4.07. The largest absolute Gasteiger partial charge is 0.207 e. The molecular weight excluding hydrogens is 261 g/mol. The molecule has 0 saturated carbocycles. The Balaban J connectivity index is 2.40. The maximum absolute atomic E-state index is 13.1. The first-order valence-electron chi connectivity index (χ1n) is 5.33. The molecule has 2 rings (SSSR count). The minimum atomic E-state index is -0.713. The van der Waals surface area contributed by atoms with E-state index in [1.807, 2.05) is 0 Å². The summed E-state index contributed by atoms with van der Waals surface area (Å²) < 4.78 is 39.3. The van der Waals surface area contributed by atoms with Crippen LogP contribution in [-0.2, 0) is 0 Å². The first kappa shape index (κ1) is 13.0. The van der Waals surface area contributed by atoms with Gasteiger partial charge in [0.15, 0.2) is 0 Å². The molecule has 0 heterocycles. The summed E-state index contributed by atoms with van der Waals surface area (Å²) in [4.78, 5) is 0. The number of halogens is 4. The molecular formula is C14H10ClF3. The van der Waals surface area contributed by atoms with E-state index in [2.05, 4.69) is 0 Å². The lowest BCUT2D eigenvalue weighted by Crippen LogP contribution is -1.97. The predicted octanol–water partition coefficient (Wildman–Crippen LogP) is 4.74. The van der Waals surface area contributed by atoms with Gasteiger partial charge in [-0.25, -0.2) is 13.2 Å². The van der Waals surface area contributed by atoms with Crippen molar-refractivity contribution in [3.63, 3.8) is 0 Å². The Morgan fingerprint density at radius 3 is 2.06 bits per heavy atom. The summed E-state index contributed by atoms with van der Waals surface area (Å²) in [6, 6.07) is 7.47. The maximum atomic E-state index is 13.1. The van der Waals surface area contributed by atoms with Crippen molar-refractivity contribution in [1.82, 2.24) is 0 Å². The van der Waals surface area contributed by atoms with Crippen molar-refractivity contribution in [3.8, 4) is 0 Å². The number of benzene rings is 2.